The molecule has 0 radical (unpaired) electrons. The van der Waals surface area contributed by atoms with Crippen molar-refractivity contribution in [2.24, 2.45) is 12.8 Å². The molecule has 0 atom stereocenters. The fourth-order valence-corrected chi connectivity index (χ4v) is 4.99. The minimum Gasteiger partial charge on any atom is -0.370 e. The van der Waals surface area contributed by atoms with Crippen LogP contribution in [0.3, 0.4) is 0 Å². The predicted molar refractivity (Wildman–Crippen MR) is 159 cm³/mol. The van der Waals surface area contributed by atoms with Crippen LogP contribution in [0.15, 0.2) is 48.8 Å². The van der Waals surface area contributed by atoms with Crippen molar-refractivity contribution >= 4 is 17.3 Å². The van der Waals surface area contributed by atoms with Crippen molar-refractivity contribution in [3.8, 4) is 16.9 Å². The molecule has 10 heteroatoms. The quantitative estimate of drug-likeness (QED) is 0.381. The highest BCUT2D eigenvalue weighted by Gasteiger charge is 2.22. The summed E-state index contributed by atoms with van der Waals surface area (Å²) >= 11 is 0. The first-order valence-corrected chi connectivity index (χ1v) is 13.7. The van der Waals surface area contributed by atoms with Gasteiger partial charge in [-0.15, -0.1) is 5.10 Å². The summed E-state index contributed by atoms with van der Waals surface area (Å²) in [7, 11) is 4.05. The van der Waals surface area contributed by atoms with Gasteiger partial charge in [-0.1, -0.05) is 11.3 Å². The molecule has 0 bridgehead atoms. The molecule has 1 amide bonds. The van der Waals surface area contributed by atoms with Crippen LogP contribution in [-0.4, -0.2) is 68.8 Å². The second kappa shape index (κ2) is 10.9. The van der Waals surface area contributed by atoms with Gasteiger partial charge in [0, 0.05) is 60.4 Å². The second-order valence-corrected chi connectivity index (χ2v) is 11.4. The zero-order valence-corrected chi connectivity index (χ0v) is 24.3. The highest BCUT2D eigenvalue weighted by Crippen LogP contribution is 2.28. The minimum absolute atomic E-state index is 0.181. The van der Waals surface area contributed by atoms with Gasteiger partial charge in [0.05, 0.1) is 18.1 Å². The zero-order valence-electron chi connectivity index (χ0n) is 24.3. The summed E-state index contributed by atoms with van der Waals surface area (Å²) in [5.74, 6) is -0.181. The third kappa shape index (κ3) is 5.78. The maximum Gasteiger partial charge on any atom is 0.255 e. The van der Waals surface area contributed by atoms with Crippen molar-refractivity contribution in [1.82, 2.24) is 29.7 Å². The molecular formula is C30H39N9O. The molecular weight excluding hydrogens is 502 g/mol. The van der Waals surface area contributed by atoms with Crippen LogP contribution in [0.25, 0.3) is 16.9 Å². The Labute approximate surface area is 235 Å². The zero-order chi connectivity index (χ0) is 28.6. The Morgan fingerprint density at radius 1 is 1.02 bits per heavy atom. The van der Waals surface area contributed by atoms with Gasteiger partial charge in [0.2, 0.25) is 0 Å². The van der Waals surface area contributed by atoms with E-state index in [2.05, 4.69) is 43.6 Å². The van der Waals surface area contributed by atoms with E-state index in [0.29, 0.717) is 11.3 Å². The highest BCUT2D eigenvalue weighted by atomic mass is 16.1. The molecule has 0 saturated carbocycles. The van der Waals surface area contributed by atoms with Crippen molar-refractivity contribution in [3.05, 3.63) is 71.2 Å². The van der Waals surface area contributed by atoms with Gasteiger partial charge < -0.3 is 20.9 Å². The van der Waals surface area contributed by atoms with E-state index in [1.807, 2.05) is 76.0 Å². The van der Waals surface area contributed by atoms with Gasteiger partial charge in [0.25, 0.3) is 5.91 Å². The maximum absolute atomic E-state index is 13.6. The Kier molecular flexibility index (Phi) is 7.48. The lowest BCUT2D eigenvalue weighted by Gasteiger charge is -2.27. The SMILES string of the molecule is Cc1ccc(NC(=O)c2cc(N3CCCN(C)CC3)cc(C(C)(C)N)c2)cc1-n1cc(-c2cnn(C)c2C)nn1. The summed E-state index contributed by atoms with van der Waals surface area (Å²) in [6.07, 6.45) is 4.75. The van der Waals surface area contributed by atoms with Crippen LogP contribution < -0.4 is 16.0 Å². The van der Waals surface area contributed by atoms with Crippen molar-refractivity contribution < 1.29 is 4.79 Å². The largest absolute Gasteiger partial charge is 0.370 e. The number of aryl methyl sites for hydroxylation is 2. The number of rotatable bonds is 6. The first kappa shape index (κ1) is 27.5. The van der Waals surface area contributed by atoms with E-state index in [4.69, 9.17) is 5.73 Å². The molecule has 4 aromatic rings. The van der Waals surface area contributed by atoms with Crippen LogP contribution in [0, 0.1) is 13.8 Å². The number of nitrogens with one attached hydrogen (secondary N) is 1. The number of anilines is 2. The molecule has 0 unspecified atom stereocenters. The van der Waals surface area contributed by atoms with Gasteiger partial charge in [-0.05, 0) is 89.2 Å². The summed E-state index contributed by atoms with van der Waals surface area (Å²) < 4.78 is 3.55. The molecule has 10 nitrogen and oxygen atoms in total. The lowest BCUT2D eigenvalue weighted by molar-refractivity contribution is 0.102. The molecule has 1 aliphatic heterocycles. The van der Waals surface area contributed by atoms with Gasteiger partial charge in [-0.25, -0.2) is 4.68 Å². The van der Waals surface area contributed by atoms with Crippen molar-refractivity contribution in [1.29, 1.82) is 0 Å². The van der Waals surface area contributed by atoms with E-state index < -0.39 is 5.54 Å². The third-order valence-corrected chi connectivity index (χ3v) is 7.73. The van der Waals surface area contributed by atoms with Crippen molar-refractivity contribution in [2.75, 3.05) is 43.4 Å². The van der Waals surface area contributed by atoms with Crippen molar-refractivity contribution in [3.63, 3.8) is 0 Å². The number of amides is 1. The fourth-order valence-electron chi connectivity index (χ4n) is 4.99. The Morgan fingerprint density at radius 3 is 2.55 bits per heavy atom. The van der Waals surface area contributed by atoms with Crippen LogP contribution in [0.2, 0.25) is 0 Å². The standard InChI is InChI=1S/C30H39N9O/c1-20-8-9-24(17-28(20)39-19-27(34-35-39)26-18-32-37(6)21(26)2)33-29(40)22-14-23(30(3,4)31)16-25(15-22)38-11-7-10-36(5)12-13-38/h8-9,14-19H,7,10-13,31H2,1-6H3,(H,33,40). The summed E-state index contributed by atoms with van der Waals surface area (Å²) in [5, 5.41) is 16.1. The molecule has 5 rings (SSSR count). The van der Waals surface area contributed by atoms with Gasteiger partial charge in [-0.2, -0.15) is 5.10 Å². The summed E-state index contributed by atoms with van der Waals surface area (Å²) in [6, 6.07) is 11.8. The van der Waals surface area contributed by atoms with Gasteiger partial charge in [0.1, 0.15) is 5.69 Å². The predicted octanol–water partition coefficient (Wildman–Crippen LogP) is 3.87. The van der Waals surface area contributed by atoms with Crippen LogP contribution >= 0.6 is 0 Å². The van der Waals surface area contributed by atoms with Crippen molar-refractivity contribution in [2.45, 2.75) is 39.7 Å². The van der Waals surface area contributed by atoms with Crippen LogP contribution in [0.4, 0.5) is 11.4 Å². The molecule has 3 N–H and O–H groups in total. The molecule has 1 aliphatic rings. The number of hydrogen-bond acceptors (Lipinski definition) is 7. The third-order valence-electron chi connectivity index (χ3n) is 7.73. The molecule has 3 heterocycles. The molecule has 1 fully saturated rings. The number of carbonyl (C=O) groups is 1. The van der Waals surface area contributed by atoms with Gasteiger partial charge in [-0.3, -0.25) is 9.48 Å². The number of hydrogen-bond donors (Lipinski definition) is 2. The lowest BCUT2D eigenvalue weighted by atomic mass is 9.93. The van der Waals surface area contributed by atoms with Gasteiger partial charge >= 0.3 is 0 Å². The molecule has 210 valence electrons. The number of aromatic nitrogens is 5. The highest BCUT2D eigenvalue weighted by molar-refractivity contribution is 6.05. The Morgan fingerprint density at radius 2 is 1.82 bits per heavy atom. The Balaban J connectivity index is 1.42. The smallest absolute Gasteiger partial charge is 0.255 e. The van der Waals surface area contributed by atoms with E-state index in [0.717, 1.165) is 72.1 Å². The molecule has 2 aromatic carbocycles. The summed E-state index contributed by atoms with van der Waals surface area (Å²) in [4.78, 5) is 18.3. The topological polar surface area (TPSA) is 110 Å². The summed E-state index contributed by atoms with van der Waals surface area (Å²) in [6.45, 7) is 11.8. The number of benzene rings is 2. The lowest BCUT2D eigenvalue weighted by Crippen LogP contribution is -2.32. The van der Waals surface area contributed by atoms with E-state index in [9.17, 15) is 4.79 Å². The molecule has 1 saturated heterocycles. The fraction of sp³-hybridized carbons (Fsp3) is 0.400. The van der Waals surface area contributed by atoms with E-state index in [1.54, 1.807) is 10.9 Å². The monoisotopic (exact) mass is 541 g/mol. The normalized spacial score (nSPS) is 14.8. The number of nitrogens with zero attached hydrogens (tertiary/aromatic N) is 7. The molecule has 0 spiro atoms. The summed E-state index contributed by atoms with van der Waals surface area (Å²) in [5.41, 5.74) is 13.7. The maximum atomic E-state index is 13.6. The Hall–Kier alpha value is -4.02. The van der Waals surface area contributed by atoms with Gasteiger partial charge in [0.15, 0.2) is 0 Å². The first-order chi connectivity index (χ1) is 19.0. The average Bonchev–Trinajstić information content (AvgIpc) is 3.45. The minimum atomic E-state index is -0.581. The van der Waals surface area contributed by atoms with Crippen LogP contribution in [-0.2, 0) is 12.6 Å². The molecule has 0 aliphatic carbocycles. The number of likely N-dealkylation sites (N-methyl/N-ethyl adjacent to an activating group) is 1. The molecule has 2 aromatic heterocycles. The average molecular weight is 542 g/mol. The van der Waals surface area contributed by atoms with E-state index in [1.165, 1.54) is 0 Å². The van der Waals surface area contributed by atoms with E-state index >= 15 is 0 Å². The number of nitrogens with two attached hydrogens (primary N) is 1. The van der Waals surface area contributed by atoms with Crippen LogP contribution in [0.5, 0.6) is 0 Å². The number of carbonyl (C=O) groups excluding carboxylic acids is 1. The van der Waals surface area contributed by atoms with Crippen LogP contribution in [0.1, 0.15) is 47.4 Å². The second-order valence-electron chi connectivity index (χ2n) is 11.4. The van der Waals surface area contributed by atoms with E-state index in [-0.39, 0.29) is 5.91 Å². The molecule has 40 heavy (non-hydrogen) atoms. The first-order valence-electron chi connectivity index (χ1n) is 13.7. The Bertz CT molecular complexity index is 1530.